The number of carbonyl (C=O) groups is 2. The zero-order valence-electron chi connectivity index (χ0n) is 18.3. The summed E-state index contributed by atoms with van der Waals surface area (Å²) in [6, 6.07) is 6.63. The number of alkyl halides is 3. The van der Waals surface area contributed by atoms with Crippen LogP contribution in [0.25, 0.3) is 21.8 Å². The van der Waals surface area contributed by atoms with Gasteiger partial charge in [0.1, 0.15) is 5.82 Å². The molecular weight excluding hydrogens is 453 g/mol. The van der Waals surface area contributed by atoms with Gasteiger partial charge in [-0.05, 0) is 30.3 Å². The van der Waals surface area contributed by atoms with Gasteiger partial charge in [-0.1, -0.05) is 0 Å². The average Bonchev–Trinajstić information content (AvgIpc) is 3.18. The van der Waals surface area contributed by atoms with Crippen LogP contribution >= 0.6 is 0 Å². The number of nitrogen functional groups attached to an aromatic ring is 1. The molecule has 2 amide bonds. The lowest BCUT2D eigenvalue weighted by Gasteiger charge is -2.31. The first-order chi connectivity index (χ1) is 16.0. The molecule has 0 radical (unpaired) electrons. The number of hydrogen-bond acceptors (Lipinski definition) is 7. The topological polar surface area (TPSA) is 123 Å². The maximum atomic E-state index is 13.4. The van der Waals surface area contributed by atoms with E-state index in [1.165, 1.54) is 20.0 Å². The Hall–Kier alpha value is -4.29. The molecule has 176 valence electrons. The van der Waals surface area contributed by atoms with E-state index in [9.17, 15) is 22.8 Å². The number of hydrogen-bond donors (Lipinski definition) is 1. The third kappa shape index (κ3) is 4.07. The standard InChI is InChI=1S/C21H19F3N8O2/c1-11(33)31(3)32(10-13-5-7-17(29-28-13)21(22,23)24)20(34)12-4-6-16-14(8-12)18-15(19(25)27-16)9-26-30(18)2/h4-9H,10H2,1-3H3,(H2,25,27). The van der Waals surface area contributed by atoms with Crippen molar-refractivity contribution in [2.24, 2.45) is 7.05 Å². The van der Waals surface area contributed by atoms with E-state index in [2.05, 4.69) is 20.3 Å². The molecule has 0 aliphatic carbocycles. The fraction of sp³-hybridized carbons (Fsp3) is 0.238. The molecule has 13 heteroatoms. The van der Waals surface area contributed by atoms with Crippen LogP contribution in [0.15, 0.2) is 36.5 Å². The predicted molar refractivity (Wildman–Crippen MR) is 116 cm³/mol. The Bertz CT molecular complexity index is 1420. The number of carbonyl (C=O) groups excluding carboxylic acids is 2. The van der Waals surface area contributed by atoms with E-state index in [0.717, 1.165) is 22.2 Å². The summed E-state index contributed by atoms with van der Waals surface area (Å²) < 4.78 is 40.0. The average molecular weight is 472 g/mol. The number of fused-ring (bicyclic) bond motifs is 3. The van der Waals surface area contributed by atoms with Crippen molar-refractivity contribution in [1.82, 2.24) is 35.0 Å². The van der Waals surface area contributed by atoms with Crippen molar-refractivity contribution < 1.29 is 22.8 Å². The number of hydrazine groups is 1. The summed E-state index contributed by atoms with van der Waals surface area (Å²) in [6.45, 7) is 0.976. The van der Waals surface area contributed by atoms with Crippen molar-refractivity contribution in [3.8, 4) is 0 Å². The van der Waals surface area contributed by atoms with Crippen LogP contribution in [-0.4, -0.2) is 53.8 Å². The molecule has 0 bridgehead atoms. The minimum atomic E-state index is -4.64. The normalized spacial score (nSPS) is 11.7. The second-order valence-electron chi connectivity index (χ2n) is 7.57. The number of nitrogens with zero attached hydrogens (tertiary/aromatic N) is 7. The van der Waals surface area contributed by atoms with E-state index in [4.69, 9.17) is 5.73 Å². The number of rotatable bonds is 3. The van der Waals surface area contributed by atoms with Crippen LogP contribution in [0.4, 0.5) is 19.0 Å². The van der Waals surface area contributed by atoms with Crippen molar-refractivity contribution in [3.63, 3.8) is 0 Å². The number of anilines is 1. The van der Waals surface area contributed by atoms with Crippen LogP contribution in [0.2, 0.25) is 0 Å². The largest absolute Gasteiger partial charge is 0.435 e. The molecule has 10 nitrogen and oxygen atoms in total. The highest BCUT2D eigenvalue weighted by Crippen LogP contribution is 2.29. The molecule has 4 aromatic rings. The highest BCUT2D eigenvalue weighted by Gasteiger charge is 2.33. The number of amides is 2. The first-order valence-electron chi connectivity index (χ1n) is 9.94. The highest BCUT2D eigenvalue weighted by atomic mass is 19.4. The maximum absolute atomic E-state index is 13.4. The molecular formula is C21H19F3N8O2. The van der Waals surface area contributed by atoms with Gasteiger partial charge in [0.2, 0.25) is 5.91 Å². The lowest BCUT2D eigenvalue weighted by molar-refractivity contribution is -0.141. The summed E-state index contributed by atoms with van der Waals surface area (Å²) in [5.41, 5.74) is 6.36. The quantitative estimate of drug-likeness (QED) is 0.455. The van der Waals surface area contributed by atoms with Gasteiger partial charge in [0.05, 0.1) is 34.9 Å². The zero-order chi connectivity index (χ0) is 24.8. The molecule has 2 N–H and O–H groups in total. The van der Waals surface area contributed by atoms with E-state index in [1.54, 1.807) is 30.1 Å². The van der Waals surface area contributed by atoms with Crippen molar-refractivity contribution in [1.29, 1.82) is 0 Å². The molecule has 0 saturated heterocycles. The number of benzene rings is 1. The molecule has 0 aliphatic rings. The highest BCUT2D eigenvalue weighted by molar-refractivity contribution is 6.10. The Morgan fingerprint density at radius 1 is 1.12 bits per heavy atom. The van der Waals surface area contributed by atoms with E-state index in [1.807, 2.05) is 0 Å². The number of pyridine rings is 1. The minimum Gasteiger partial charge on any atom is -0.383 e. The molecule has 0 saturated carbocycles. The van der Waals surface area contributed by atoms with E-state index in [-0.39, 0.29) is 17.8 Å². The Morgan fingerprint density at radius 3 is 2.47 bits per heavy atom. The number of halogens is 3. The Morgan fingerprint density at radius 2 is 1.85 bits per heavy atom. The van der Waals surface area contributed by atoms with Gasteiger partial charge in [0.25, 0.3) is 5.91 Å². The van der Waals surface area contributed by atoms with E-state index in [0.29, 0.717) is 27.6 Å². The molecule has 3 heterocycles. The van der Waals surface area contributed by atoms with Crippen molar-refractivity contribution >= 4 is 39.4 Å². The van der Waals surface area contributed by atoms with Crippen molar-refractivity contribution in [2.75, 3.05) is 12.8 Å². The summed E-state index contributed by atoms with van der Waals surface area (Å²) in [5, 5.41) is 14.3. The van der Waals surface area contributed by atoms with Gasteiger partial charge in [-0.2, -0.15) is 23.4 Å². The fourth-order valence-electron chi connectivity index (χ4n) is 3.47. The first-order valence-corrected chi connectivity index (χ1v) is 9.94. The summed E-state index contributed by atoms with van der Waals surface area (Å²) in [4.78, 5) is 29.8. The molecule has 0 fully saturated rings. The van der Waals surface area contributed by atoms with E-state index >= 15 is 0 Å². The van der Waals surface area contributed by atoms with E-state index < -0.39 is 23.7 Å². The molecule has 3 aromatic heterocycles. The molecule has 4 rings (SSSR count). The predicted octanol–water partition coefficient (Wildman–Crippen LogP) is 2.55. The van der Waals surface area contributed by atoms with Crippen molar-refractivity contribution in [3.05, 3.63) is 53.5 Å². The second-order valence-corrected chi connectivity index (χ2v) is 7.57. The molecule has 0 atom stereocenters. The van der Waals surface area contributed by atoms with Gasteiger partial charge in [-0.25, -0.2) is 9.99 Å². The Kier molecular flexibility index (Phi) is 5.55. The zero-order valence-corrected chi connectivity index (χ0v) is 18.3. The summed E-state index contributed by atoms with van der Waals surface area (Å²) in [6.07, 6.45) is -3.07. The van der Waals surface area contributed by atoms with Gasteiger partial charge >= 0.3 is 6.18 Å². The smallest absolute Gasteiger partial charge is 0.383 e. The van der Waals surface area contributed by atoms with Gasteiger partial charge in [-0.15, -0.1) is 5.10 Å². The van der Waals surface area contributed by atoms with Crippen molar-refractivity contribution in [2.45, 2.75) is 19.6 Å². The van der Waals surface area contributed by atoms with Crippen LogP contribution < -0.4 is 5.73 Å². The second kappa shape index (κ2) is 8.24. The Labute approximate surface area is 190 Å². The lowest BCUT2D eigenvalue weighted by Crippen LogP contribution is -2.46. The molecule has 1 aromatic carbocycles. The Balaban J connectivity index is 1.74. The number of nitrogens with two attached hydrogens (primary N) is 1. The van der Waals surface area contributed by atoms with Crippen LogP contribution in [0.5, 0.6) is 0 Å². The van der Waals surface area contributed by atoms with Gasteiger partial charge in [0.15, 0.2) is 5.69 Å². The minimum absolute atomic E-state index is 0.0682. The summed E-state index contributed by atoms with van der Waals surface area (Å²) in [5.74, 6) is -0.737. The fourth-order valence-corrected chi connectivity index (χ4v) is 3.47. The molecule has 0 spiro atoms. The number of aromatic nitrogens is 5. The summed E-state index contributed by atoms with van der Waals surface area (Å²) in [7, 11) is 3.11. The van der Waals surface area contributed by atoms with Crippen LogP contribution in [-0.2, 0) is 24.6 Å². The van der Waals surface area contributed by atoms with Gasteiger partial charge in [0, 0.05) is 32.0 Å². The van der Waals surface area contributed by atoms with Crippen LogP contribution in [0, 0.1) is 0 Å². The van der Waals surface area contributed by atoms with Gasteiger partial charge in [-0.3, -0.25) is 19.3 Å². The van der Waals surface area contributed by atoms with Gasteiger partial charge < -0.3 is 5.73 Å². The molecule has 0 aliphatic heterocycles. The maximum Gasteiger partial charge on any atom is 0.435 e. The number of aryl methyl sites for hydroxylation is 1. The van der Waals surface area contributed by atoms with Crippen LogP contribution in [0.3, 0.4) is 0 Å². The van der Waals surface area contributed by atoms with Crippen LogP contribution in [0.1, 0.15) is 28.7 Å². The SMILES string of the molecule is CC(=O)N(C)N(Cc1ccc(C(F)(F)F)nn1)C(=O)c1ccc2nc(N)c3cnn(C)c3c2c1. The lowest BCUT2D eigenvalue weighted by atomic mass is 10.1. The third-order valence-corrected chi connectivity index (χ3v) is 5.33. The molecule has 34 heavy (non-hydrogen) atoms. The molecule has 0 unspecified atom stereocenters. The monoisotopic (exact) mass is 472 g/mol. The summed E-state index contributed by atoms with van der Waals surface area (Å²) >= 11 is 0. The first kappa shape index (κ1) is 22.9. The third-order valence-electron chi connectivity index (χ3n) is 5.33.